The second-order valence-corrected chi connectivity index (χ2v) is 4.84. The third kappa shape index (κ3) is 4.26. The van der Waals surface area contributed by atoms with E-state index in [2.05, 4.69) is 6.08 Å². The minimum atomic E-state index is -0.813. The number of rotatable bonds is 6. The van der Waals surface area contributed by atoms with E-state index in [1.165, 1.54) is 11.8 Å². The molecule has 0 saturated heterocycles. The topological polar surface area (TPSA) is 57.6 Å². The van der Waals surface area contributed by atoms with Crippen LogP contribution in [0.2, 0.25) is 0 Å². The van der Waals surface area contributed by atoms with Crippen LogP contribution in [0.4, 0.5) is 0 Å². The molecule has 0 aromatic rings. The fraction of sp³-hybridized carbons (Fsp3) is 0.636. The van der Waals surface area contributed by atoms with Gasteiger partial charge in [0.15, 0.2) is 0 Å². The van der Waals surface area contributed by atoms with Gasteiger partial charge in [-0.1, -0.05) is 6.08 Å². The van der Waals surface area contributed by atoms with Crippen LogP contribution in [0, 0.1) is 0 Å². The summed E-state index contributed by atoms with van der Waals surface area (Å²) in [5, 5.41) is 8.44. The third-order valence-corrected chi connectivity index (χ3v) is 3.45. The first-order valence-electron chi connectivity index (χ1n) is 5.36. The summed E-state index contributed by atoms with van der Waals surface area (Å²) in [4.78, 5) is 23.7. The van der Waals surface area contributed by atoms with Crippen molar-refractivity contribution in [3.8, 4) is 0 Å². The zero-order valence-corrected chi connectivity index (χ0v) is 10.3. The van der Waals surface area contributed by atoms with Gasteiger partial charge in [0.2, 0.25) is 5.91 Å². The summed E-state index contributed by atoms with van der Waals surface area (Å²) in [5.41, 5.74) is 1.10. The summed E-state index contributed by atoms with van der Waals surface area (Å²) in [6, 6.07) is 0. The van der Waals surface area contributed by atoms with Crippen LogP contribution in [0.15, 0.2) is 11.8 Å². The Labute approximate surface area is 99.7 Å². The Morgan fingerprint density at radius 1 is 1.56 bits per heavy atom. The Bertz CT molecular complexity index is 302. The summed E-state index contributed by atoms with van der Waals surface area (Å²) in [5.74, 6) is 0.102. The van der Waals surface area contributed by atoms with Crippen LogP contribution in [0.5, 0.6) is 0 Å². The maximum absolute atomic E-state index is 11.7. The molecule has 0 aromatic carbocycles. The van der Waals surface area contributed by atoms with Gasteiger partial charge in [-0.3, -0.25) is 9.59 Å². The fourth-order valence-electron chi connectivity index (χ4n) is 1.53. The average molecular weight is 243 g/mol. The molecule has 5 heteroatoms. The highest BCUT2D eigenvalue weighted by atomic mass is 32.2. The van der Waals surface area contributed by atoms with Gasteiger partial charge in [-0.15, -0.1) is 0 Å². The maximum atomic E-state index is 11.7. The summed E-state index contributed by atoms with van der Waals surface area (Å²) in [6.45, 7) is 0. The van der Waals surface area contributed by atoms with E-state index in [-0.39, 0.29) is 12.3 Å². The molecule has 4 nitrogen and oxygen atoms in total. The lowest BCUT2D eigenvalue weighted by Gasteiger charge is -2.18. The van der Waals surface area contributed by atoms with E-state index in [9.17, 15) is 9.59 Å². The maximum Gasteiger partial charge on any atom is 0.304 e. The van der Waals surface area contributed by atoms with E-state index in [0.29, 0.717) is 11.5 Å². The lowest BCUT2D eigenvalue weighted by Crippen LogP contribution is -2.27. The summed E-state index contributed by atoms with van der Waals surface area (Å²) < 4.78 is 0. The molecule has 0 spiro atoms. The standard InChI is InChI=1S/C11H17NO3S/c1-12(9-4-2-3-5-9)10(13)8-16-7-6-11(14)15/h4H,2-3,5-8H2,1H3,(H,14,15). The van der Waals surface area contributed by atoms with Gasteiger partial charge < -0.3 is 10.0 Å². The van der Waals surface area contributed by atoms with Crippen molar-refractivity contribution in [2.24, 2.45) is 0 Å². The Morgan fingerprint density at radius 2 is 2.31 bits per heavy atom. The number of carbonyl (C=O) groups excluding carboxylic acids is 1. The Hall–Kier alpha value is -0.970. The van der Waals surface area contributed by atoms with E-state index in [1.54, 1.807) is 11.9 Å². The number of hydrogen-bond donors (Lipinski definition) is 1. The third-order valence-electron chi connectivity index (χ3n) is 2.51. The van der Waals surface area contributed by atoms with Gasteiger partial charge in [0, 0.05) is 18.5 Å². The molecule has 1 aliphatic rings. The van der Waals surface area contributed by atoms with Crippen molar-refractivity contribution in [2.75, 3.05) is 18.6 Å². The van der Waals surface area contributed by atoms with Gasteiger partial charge in [-0.2, -0.15) is 11.8 Å². The van der Waals surface area contributed by atoms with Gasteiger partial charge in [0.1, 0.15) is 0 Å². The van der Waals surface area contributed by atoms with Crippen molar-refractivity contribution < 1.29 is 14.7 Å². The van der Waals surface area contributed by atoms with Crippen molar-refractivity contribution in [2.45, 2.75) is 25.7 Å². The number of thioether (sulfide) groups is 1. The molecular weight excluding hydrogens is 226 g/mol. The van der Waals surface area contributed by atoms with Gasteiger partial charge in [0.05, 0.1) is 12.2 Å². The predicted octanol–water partition coefficient (Wildman–Crippen LogP) is 1.72. The molecule has 0 aliphatic heterocycles. The molecule has 0 unspecified atom stereocenters. The number of nitrogens with zero attached hydrogens (tertiary/aromatic N) is 1. The molecular formula is C11H17NO3S. The van der Waals surface area contributed by atoms with E-state index < -0.39 is 5.97 Å². The molecule has 0 saturated carbocycles. The highest BCUT2D eigenvalue weighted by Gasteiger charge is 2.15. The number of amides is 1. The van der Waals surface area contributed by atoms with E-state index in [4.69, 9.17) is 5.11 Å². The number of carboxylic acid groups (broad SMARTS) is 1. The molecule has 0 fully saturated rings. The van der Waals surface area contributed by atoms with Gasteiger partial charge >= 0.3 is 5.97 Å². The lowest BCUT2D eigenvalue weighted by molar-refractivity contribution is -0.136. The molecule has 0 atom stereocenters. The molecule has 1 amide bonds. The second kappa shape index (κ2) is 6.58. The molecule has 1 rings (SSSR count). The quantitative estimate of drug-likeness (QED) is 0.722. The summed E-state index contributed by atoms with van der Waals surface area (Å²) in [6.07, 6.45) is 5.37. The largest absolute Gasteiger partial charge is 0.481 e. The molecule has 0 heterocycles. The van der Waals surface area contributed by atoms with Crippen LogP contribution in [-0.4, -0.2) is 40.4 Å². The molecule has 1 aliphatic carbocycles. The Balaban J connectivity index is 2.21. The molecule has 0 aromatic heterocycles. The first kappa shape index (κ1) is 13.1. The monoisotopic (exact) mass is 243 g/mol. The lowest BCUT2D eigenvalue weighted by atomic mass is 10.3. The van der Waals surface area contributed by atoms with Crippen LogP contribution >= 0.6 is 11.8 Å². The van der Waals surface area contributed by atoms with Gasteiger partial charge in [-0.05, 0) is 19.3 Å². The van der Waals surface area contributed by atoms with Gasteiger partial charge in [0.25, 0.3) is 0 Å². The number of carboxylic acids is 1. The van der Waals surface area contributed by atoms with Crippen molar-refractivity contribution in [3.63, 3.8) is 0 Å². The van der Waals surface area contributed by atoms with Crippen LogP contribution in [0.1, 0.15) is 25.7 Å². The highest BCUT2D eigenvalue weighted by Crippen LogP contribution is 2.20. The second-order valence-electron chi connectivity index (χ2n) is 3.74. The summed E-state index contributed by atoms with van der Waals surface area (Å²) in [7, 11) is 1.79. The minimum absolute atomic E-state index is 0.0588. The first-order valence-corrected chi connectivity index (χ1v) is 6.52. The zero-order chi connectivity index (χ0) is 12.0. The highest BCUT2D eigenvalue weighted by molar-refractivity contribution is 7.99. The number of carbonyl (C=O) groups is 2. The van der Waals surface area contributed by atoms with Gasteiger partial charge in [-0.25, -0.2) is 0 Å². The van der Waals surface area contributed by atoms with Crippen LogP contribution in [0.3, 0.4) is 0 Å². The molecule has 0 bridgehead atoms. The van der Waals surface area contributed by atoms with E-state index in [0.717, 1.165) is 25.0 Å². The SMILES string of the molecule is CN(C(=O)CSCCC(=O)O)C1=CCCC1. The first-order chi connectivity index (χ1) is 7.61. The normalized spacial score (nSPS) is 14.7. The molecule has 1 N–H and O–H groups in total. The fourth-order valence-corrected chi connectivity index (χ4v) is 2.37. The van der Waals surface area contributed by atoms with E-state index >= 15 is 0 Å². The Morgan fingerprint density at radius 3 is 2.88 bits per heavy atom. The van der Waals surface area contributed by atoms with Crippen molar-refractivity contribution in [1.29, 1.82) is 0 Å². The number of aliphatic carboxylic acids is 1. The summed E-state index contributed by atoms with van der Waals surface area (Å²) >= 11 is 1.38. The predicted molar refractivity (Wildman–Crippen MR) is 64.3 cm³/mol. The molecule has 90 valence electrons. The van der Waals surface area contributed by atoms with Crippen molar-refractivity contribution in [3.05, 3.63) is 11.8 Å². The average Bonchev–Trinajstić information content (AvgIpc) is 2.76. The molecule has 16 heavy (non-hydrogen) atoms. The van der Waals surface area contributed by atoms with Crippen molar-refractivity contribution >= 4 is 23.6 Å². The number of hydrogen-bond acceptors (Lipinski definition) is 3. The van der Waals surface area contributed by atoms with Crippen LogP contribution in [0.25, 0.3) is 0 Å². The smallest absolute Gasteiger partial charge is 0.304 e. The number of allylic oxidation sites excluding steroid dienone is 2. The Kier molecular flexibility index (Phi) is 5.38. The van der Waals surface area contributed by atoms with Crippen LogP contribution in [-0.2, 0) is 9.59 Å². The zero-order valence-electron chi connectivity index (χ0n) is 9.44. The van der Waals surface area contributed by atoms with Crippen molar-refractivity contribution in [1.82, 2.24) is 4.90 Å². The molecule has 0 radical (unpaired) electrons. The van der Waals surface area contributed by atoms with Crippen LogP contribution < -0.4 is 0 Å². The minimum Gasteiger partial charge on any atom is -0.481 e. The van der Waals surface area contributed by atoms with E-state index in [1.807, 2.05) is 0 Å².